The first-order chi connectivity index (χ1) is 12.0. The fraction of sp³-hybridized carbons (Fsp3) is 0. The number of nitrogens with zero attached hydrogens (tertiary/aromatic N) is 2. The number of carbonyl (C=O) groups excluding carboxylic acids is 2. The first kappa shape index (κ1) is 16.1. The van der Waals surface area contributed by atoms with Crippen LogP contribution in [-0.4, -0.2) is 21.7 Å². The van der Waals surface area contributed by atoms with E-state index < -0.39 is 16.7 Å². The molecule has 0 radical (unpaired) electrons. The first-order valence-corrected chi connectivity index (χ1v) is 7.25. The molecule has 0 aliphatic heterocycles. The second-order valence-corrected chi connectivity index (χ2v) is 5.10. The van der Waals surface area contributed by atoms with Crippen LogP contribution in [0.15, 0.2) is 60.7 Å². The number of aromatic nitrogens is 1. The molecule has 1 aromatic heterocycles. The minimum absolute atomic E-state index is 0.0565. The lowest BCUT2D eigenvalue weighted by molar-refractivity contribution is -0.384. The Morgan fingerprint density at radius 2 is 1.68 bits per heavy atom. The Hall–Kier alpha value is -3.81. The molecular weight excluding hydrogens is 324 g/mol. The summed E-state index contributed by atoms with van der Waals surface area (Å²) in [5.41, 5.74) is 5.08. The number of nitro benzene ring substituents is 1. The van der Waals surface area contributed by atoms with Gasteiger partial charge in [0, 0.05) is 23.1 Å². The maximum Gasteiger partial charge on any atom is 0.288 e. The van der Waals surface area contributed by atoms with Crippen molar-refractivity contribution in [2.75, 3.05) is 0 Å². The molecule has 0 aliphatic carbocycles. The van der Waals surface area contributed by atoms with Crippen LogP contribution in [0.3, 0.4) is 0 Å². The van der Waals surface area contributed by atoms with Crippen LogP contribution in [0.25, 0.3) is 10.9 Å². The van der Waals surface area contributed by atoms with Crippen molar-refractivity contribution in [2.24, 2.45) is 0 Å². The molecule has 0 saturated carbocycles. The molecule has 0 fully saturated rings. The fourth-order valence-electron chi connectivity index (χ4n) is 2.20. The van der Waals surface area contributed by atoms with Crippen molar-refractivity contribution in [2.45, 2.75) is 0 Å². The number of benzene rings is 2. The number of amides is 2. The number of hydrogen-bond acceptors (Lipinski definition) is 5. The lowest BCUT2D eigenvalue weighted by Crippen LogP contribution is -2.41. The molecule has 25 heavy (non-hydrogen) atoms. The van der Waals surface area contributed by atoms with Crippen LogP contribution in [0.5, 0.6) is 0 Å². The van der Waals surface area contributed by atoms with Crippen molar-refractivity contribution >= 4 is 28.4 Å². The highest BCUT2D eigenvalue weighted by molar-refractivity contribution is 5.99. The van der Waals surface area contributed by atoms with Gasteiger partial charge < -0.3 is 0 Å². The molecule has 2 aromatic carbocycles. The highest BCUT2D eigenvalue weighted by Gasteiger charge is 2.13. The van der Waals surface area contributed by atoms with Gasteiger partial charge in [0.1, 0.15) is 5.69 Å². The van der Waals surface area contributed by atoms with Crippen molar-refractivity contribution in [1.29, 1.82) is 0 Å². The van der Waals surface area contributed by atoms with Gasteiger partial charge in [-0.1, -0.05) is 30.3 Å². The van der Waals surface area contributed by atoms with Crippen molar-refractivity contribution in [3.05, 3.63) is 82.0 Å². The average Bonchev–Trinajstić information content (AvgIpc) is 2.65. The van der Waals surface area contributed by atoms with Crippen LogP contribution < -0.4 is 10.9 Å². The van der Waals surface area contributed by atoms with Crippen LogP contribution in [0, 0.1) is 10.1 Å². The van der Waals surface area contributed by atoms with Crippen molar-refractivity contribution < 1.29 is 14.5 Å². The maximum absolute atomic E-state index is 12.1. The van der Waals surface area contributed by atoms with E-state index in [1.54, 1.807) is 18.2 Å². The van der Waals surface area contributed by atoms with Gasteiger partial charge >= 0.3 is 0 Å². The van der Waals surface area contributed by atoms with E-state index in [0.29, 0.717) is 5.52 Å². The predicted octanol–water partition coefficient (Wildman–Crippen LogP) is 2.22. The van der Waals surface area contributed by atoms with Gasteiger partial charge in [0.05, 0.1) is 10.4 Å². The van der Waals surface area contributed by atoms with E-state index >= 15 is 0 Å². The van der Waals surface area contributed by atoms with Crippen LogP contribution in [-0.2, 0) is 0 Å². The van der Waals surface area contributed by atoms with Gasteiger partial charge in [0.15, 0.2) is 0 Å². The molecule has 3 aromatic rings. The zero-order chi connectivity index (χ0) is 17.8. The average molecular weight is 336 g/mol. The van der Waals surface area contributed by atoms with Gasteiger partial charge in [-0.05, 0) is 18.2 Å². The topological polar surface area (TPSA) is 114 Å². The second kappa shape index (κ2) is 6.75. The zero-order valence-corrected chi connectivity index (χ0v) is 12.8. The molecule has 0 aliphatic rings. The lowest BCUT2D eigenvalue weighted by Gasteiger charge is -2.07. The SMILES string of the molecule is O=C(NNC(=O)c1ccc2ccccc2n1)c1cccc([N+](=O)[O-])c1. The second-order valence-electron chi connectivity index (χ2n) is 5.10. The van der Waals surface area contributed by atoms with Gasteiger partial charge in [0.25, 0.3) is 17.5 Å². The first-order valence-electron chi connectivity index (χ1n) is 7.25. The number of non-ortho nitro benzene ring substituents is 1. The number of pyridine rings is 1. The summed E-state index contributed by atoms with van der Waals surface area (Å²) in [5, 5.41) is 11.6. The van der Waals surface area contributed by atoms with Crippen molar-refractivity contribution in [3.8, 4) is 0 Å². The van der Waals surface area contributed by atoms with Gasteiger partial charge in [0.2, 0.25) is 0 Å². The number of nitrogens with one attached hydrogen (secondary N) is 2. The third kappa shape index (κ3) is 3.58. The van der Waals surface area contributed by atoms with E-state index in [2.05, 4.69) is 15.8 Å². The van der Waals surface area contributed by atoms with E-state index in [0.717, 1.165) is 11.5 Å². The zero-order valence-electron chi connectivity index (χ0n) is 12.8. The number of nitro groups is 1. The van der Waals surface area contributed by atoms with E-state index in [1.165, 1.54) is 24.3 Å². The molecule has 0 atom stereocenters. The van der Waals surface area contributed by atoms with E-state index in [9.17, 15) is 19.7 Å². The Balaban J connectivity index is 1.69. The van der Waals surface area contributed by atoms with Crippen LogP contribution >= 0.6 is 0 Å². The summed E-state index contributed by atoms with van der Waals surface area (Å²) in [5.74, 6) is -1.26. The highest BCUT2D eigenvalue weighted by atomic mass is 16.6. The molecular formula is C17H12N4O4. The van der Waals surface area contributed by atoms with E-state index in [4.69, 9.17) is 0 Å². The molecule has 8 nitrogen and oxygen atoms in total. The molecule has 8 heteroatoms. The van der Waals surface area contributed by atoms with Crippen LogP contribution in [0.2, 0.25) is 0 Å². The number of fused-ring (bicyclic) bond motifs is 1. The molecule has 124 valence electrons. The van der Waals surface area contributed by atoms with Crippen LogP contribution in [0.4, 0.5) is 5.69 Å². The molecule has 0 spiro atoms. The van der Waals surface area contributed by atoms with E-state index in [1.807, 2.05) is 12.1 Å². The Labute approximate surface area is 141 Å². The number of carbonyl (C=O) groups is 2. The highest BCUT2D eigenvalue weighted by Crippen LogP contribution is 2.13. The summed E-state index contributed by atoms with van der Waals surface area (Å²) in [4.78, 5) is 38.4. The van der Waals surface area contributed by atoms with Crippen molar-refractivity contribution in [1.82, 2.24) is 15.8 Å². The molecule has 3 rings (SSSR count). The molecule has 2 N–H and O–H groups in total. The van der Waals surface area contributed by atoms with Gasteiger partial charge in [-0.25, -0.2) is 4.98 Å². The Morgan fingerprint density at radius 1 is 0.920 bits per heavy atom. The summed E-state index contributed by atoms with van der Waals surface area (Å²) in [6, 6.07) is 15.8. The lowest BCUT2D eigenvalue weighted by atomic mass is 10.2. The predicted molar refractivity (Wildman–Crippen MR) is 89.8 cm³/mol. The molecule has 0 bridgehead atoms. The number of hydrazine groups is 1. The molecule has 2 amide bonds. The standard InChI is InChI=1S/C17H12N4O4/c22-16(12-5-3-6-13(10-12)21(24)25)19-20-17(23)15-9-8-11-4-1-2-7-14(11)18-15/h1-10H,(H,19,22)(H,20,23). The molecule has 0 saturated heterocycles. The van der Waals surface area contributed by atoms with Crippen LogP contribution in [0.1, 0.15) is 20.8 Å². The minimum Gasteiger partial charge on any atom is -0.267 e. The smallest absolute Gasteiger partial charge is 0.267 e. The van der Waals surface area contributed by atoms with Gasteiger partial charge in [-0.15, -0.1) is 0 Å². The minimum atomic E-state index is -0.669. The Bertz CT molecular complexity index is 987. The number of para-hydroxylation sites is 1. The van der Waals surface area contributed by atoms with Gasteiger partial charge in [-0.3, -0.25) is 30.6 Å². The molecule has 1 heterocycles. The summed E-state index contributed by atoms with van der Waals surface area (Å²) < 4.78 is 0. The number of hydrogen-bond donors (Lipinski definition) is 2. The van der Waals surface area contributed by atoms with E-state index in [-0.39, 0.29) is 16.9 Å². The normalized spacial score (nSPS) is 10.2. The summed E-state index contributed by atoms with van der Waals surface area (Å²) in [6.45, 7) is 0. The largest absolute Gasteiger partial charge is 0.288 e. The molecule has 0 unspecified atom stereocenters. The summed E-state index contributed by atoms with van der Waals surface area (Å²) in [6.07, 6.45) is 0. The summed E-state index contributed by atoms with van der Waals surface area (Å²) >= 11 is 0. The third-order valence-electron chi connectivity index (χ3n) is 3.44. The number of rotatable bonds is 3. The maximum atomic E-state index is 12.1. The fourth-order valence-corrected chi connectivity index (χ4v) is 2.20. The Kier molecular flexibility index (Phi) is 4.34. The summed E-state index contributed by atoms with van der Waals surface area (Å²) in [7, 11) is 0. The van der Waals surface area contributed by atoms with Crippen molar-refractivity contribution in [3.63, 3.8) is 0 Å². The third-order valence-corrected chi connectivity index (χ3v) is 3.44. The Morgan fingerprint density at radius 3 is 2.48 bits per heavy atom. The monoisotopic (exact) mass is 336 g/mol. The quantitative estimate of drug-likeness (QED) is 0.562. The van der Waals surface area contributed by atoms with Gasteiger partial charge in [-0.2, -0.15) is 0 Å².